The van der Waals surface area contributed by atoms with E-state index in [4.69, 9.17) is 21.1 Å². The SMILES string of the molecule is Cn1nc([C@@H]2CN(C(=O)CCC3CCCC3)CCO2)cc1CCOc1cccc(Cl)c1. The standard InChI is InChI=1S/C24H32ClN3O3/c1-27-20(11-13-30-21-8-4-7-19(25)15-21)16-22(26-27)23-17-28(12-14-31-23)24(29)10-9-18-5-2-3-6-18/h4,7-8,15-16,18,23H,2-3,5-6,9-14,17H2,1H3/t23-/m0/s1. The molecule has 1 aromatic heterocycles. The third-order valence-electron chi connectivity index (χ3n) is 6.41. The number of nitrogens with zero attached hydrogens (tertiary/aromatic N) is 3. The minimum atomic E-state index is -0.169. The molecule has 1 atom stereocenters. The molecule has 1 amide bonds. The van der Waals surface area contributed by atoms with Gasteiger partial charge >= 0.3 is 0 Å². The Morgan fingerprint density at radius 2 is 2.13 bits per heavy atom. The molecule has 2 heterocycles. The summed E-state index contributed by atoms with van der Waals surface area (Å²) in [7, 11) is 1.94. The van der Waals surface area contributed by atoms with Crippen molar-refractivity contribution in [3.05, 3.63) is 46.7 Å². The minimum absolute atomic E-state index is 0.169. The smallest absolute Gasteiger partial charge is 0.222 e. The molecular weight excluding hydrogens is 414 g/mol. The number of ether oxygens (including phenoxy) is 2. The van der Waals surface area contributed by atoms with Crippen LogP contribution in [0.2, 0.25) is 5.02 Å². The Morgan fingerprint density at radius 1 is 1.29 bits per heavy atom. The summed E-state index contributed by atoms with van der Waals surface area (Å²) >= 11 is 6.01. The Labute approximate surface area is 189 Å². The van der Waals surface area contributed by atoms with Gasteiger partial charge in [-0.15, -0.1) is 0 Å². The molecule has 6 nitrogen and oxygen atoms in total. The van der Waals surface area contributed by atoms with E-state index in [9.17, 15) is 4.79 Å². The second kappa shape index (κ2) is 10.5. The van der Waals surface area contributed by atoms with Crippen LogP contribution in [-0.2, 0) is 23.0 Å². The van der Waals surface area contributed by atoms with E-state index in [0.717, 1.165) is 35.9 Å². The summed E-state index contributed by atoms with van der Waals surface area (Å²) < 4.78 is 13.6. The molecule has 1 aromatic carbocycles. The monoisotopic (exact) mass is 445 g/mol. The molecule has 7 heteroatoms. The highest BCUT2D eigenvalue weighted by molar-refractivity contribution is 6.30. The molecule has 2 fully saturated rings. The van der Waals surface area contributed by atoms with Gasteiger partial charge in [0.1, 0.15) is 11.9 Å². The molecule has 168 valence electrons. The van der Waals surface area contributed by atoms with E-state index in [2.05, 4.69) is 11.2 Å². The number of hydrogen-bond donors (Lipinski definition) is 0. The van der Waals surface area contributed by atoms with Gasteiger partial charge in [-0.05, 0) is 36.6 Å². The van der Waals surface area contributed by atoms with E-state index in [1.807, 2.05) is 40.9 Å². The lowest BCUT2D eigenvalue weighted by Gasteiger charge is -2.32. The molecule has 2 aliphatic rings. The van der Waals surface area contributed by atoms with Crippen molar-refractivity contribution in [1.29, 1.82) is 0 Å². The van der Waals surface area contributed by atoms with Gasteiger partial charge in [-0.25, -0.2) is 0 Å². The normalized spacial score (nSPS) is 19.7. The van der Waals surface area contributed by atoms with E-state index in [-0.39, 0.29) is 12.0 Å². The quantitative estimate of drug-likeness (QED) is 0.597. The maximum atomic E-state index is 12.7. The topological polar surface area (TPSA) is 56.6 Å². The van der Waals surface area contributed by atoms with Crippen LogP contribution in [0.5, 0.6) is 5.75 Å². The minimum Gasteiger partial charge on any atom is -0.493 e. The van der Waals surface area contributed by atoms with Gasteiger partial charge in [0.2, 0.25) is 5.91 Å². The Kier molecular flexibility index (Phi) is 7.51. The van der Waals surface area contributed by atoms with Crippen molar-refractivity contribution in [3.8, 4) is 5.75 Å². The number of aromatic nitrogens is 2. The van der Waals surface area contributed by atoms with Crippen molar-refractivity contribution in [2.45, 2.75) is 51.0 Å². The lowest BCUT2D eigenvalue weighted by Crippen LogP contribution is -2.42. The van der Waals surface area contributed by atoms with Crippen LogP contribution in [0.15, 0.2) is 30.3 Å². The first-order valence-electron chi connectivity index (χ1n) is 11.4. The van der Waals surface area contributed by atoms with E-state index >= 15 is 0 Å². The average molecular weight is 446 g/mol. The van der Waals surface area contributed by atoms with E-state index in [1.54, 1.807) is 0 Å². The number of amides is 1. The zero-order valence-corrected chi connectivity index (χ0v) is 19.0. The average Bonchev–Trinajstić information content (AvgIpc) is 3.42. The van der Waals surface area contributed by atoms with Crippen LogP contribution in [-0.4, -0.2) is 46.9 Å². The third kappa shape index (κ3) is 6.01. The van der Waals surface area contributed by atoms with Gasteiger partial charge in [0, 0.05) is 37.2 Å². The Hall–Kier alpha value is -2.05. The number of morpholine rings is 1. The van der Waals surface area contributed by atoms with Crippen LogP contribution in [0.3, 0.4) is 0 Å². The van der Waals surface area contributed by atoms with Gasteiger partial charge in [0.15, 0.2) is 0 Å². The number of halogens is 1. The van der Waals surface area contributed by atoms with Gasteiger partial charge in [-0.3, -0.25) is 9.48 Å². The molecule has 2 aromatic rings. The zero-order chi connectivity index (χ0) is 21.6. The number of hydrogen-bond acceptors (Lipinski definition) is 4. The van der Waals surface area contributed by atoms with Crippen molar-refractivity contribution >= 4 is 17.5 Å². The first-order valence-corrected chi connectivity index (χ1v) is 11.8. The van der Waals surface area contributed by atoms with Crippen LogP contribution < -0.4 is 4.74 Å². The first kappa shape index (κ1) is 22.2. The van der Waals surface area contributed by atoms with Gasteiger partial charge in [0.25, 0.3) is 0 Å². The summed E-state index contributed by atoms with van der Waals surface area (Å²) in [5.74, 6) is 1.76. The Morgan fingerprint density at radius 3 is 2.94 bits per heavy atom. The summed E-state index contributed by atoms with van der Waals surface area (Å²) in [5, 5.41) is 5.32. The molecule has 0 unspecified atom stereocenters. The third-order valence-corrected chi connectivity index (χ3v) is 6.64. The molecule has 0 N–H and O–H groups in total. The highest BCUT2D eigenvalue weighted by Gasteiger charge is 2.28. The fourth-order valence-corrected chi connectivity index (χ4v) is 4.77. The number of benzene rings is 1. The molecule has 1 aliphatic heterocycles. The van der Waals surface area contributed by atoms with Crippen molar-refractivity contribution in [1.82, 2.24) is 14.7 Å². The molecule has 0 radical (unpaired) electrons. The van der Waals surface area contributed by atoms with Crippen molar-refractivity contribution in [3.63, 3.8) is 0 Å². The molecule has 31 heavy (non-hydrogen) atoms. The highest BCUT2D eigenvalue weighted by atomic mass is 35.5. The predicted octanol–water partition coefficient (Wildman–Crippen LogP) is 4.57. The number of carbonyl (C=O) groups excluding carboxylic acids is 1. The second-order valence-electron chi connectivity index (χ2n) is 8.63. The van der Waals surface area contributed by atoms with Gasteiger partial charge in [-0.1, -0.05) is 43.4 Å². The molecule has 0 spiro atoms. The maximum absolute atomic E-state index is 12.7. The molecule has 1 aliphatic carbocycles. The summed E-state index contributed by atoms with van der Waals surface area (Å²) in [6.45, 7) is 2.35. The van der Waals surface area contributed by atoms with Gasteiger partial charge < -0.3 is 14.4 Å². The fourth-order valence-electron chi connectivity index (χ4n) is 4.59. The lowest BCUT2D eigenvalue weighted by molar-refractivity contribution is -0.139. The van der Waals surface area contributed by atoms with Crippen LogP contribution in [0.4, 0.5) is 0 Å². The molecule has 4 rings (SSSR count). The summed E-state index contributed by atoms with van der Waals surface area (Å²) in [6.07, 6.45) is 7.47. The number of aryl methyl sites for hydroxylation is 1. The van der Waals surface area contributed by atoms with Crippen LogP contribution in [0.25, 0.3) is 0 Å². The van der Waals surface area contributed by atoms with Gasteiger partial charge in [0.05, 0.1) is 25.5 Å². The lowest BCUT2D eigenvalue weighted by atomic mass is 10.0. The van der Waals surface area contributed by atoms with Gasteiger partial charge in [-0.2, -0.15) is 5.10 Å². The Bertz CT molecular complexity index is 879. The second-order valence-corrected chi connectivity index (χ2v) is 9.06. The maximum Gasteiger partial charge on any atom is 0.222 e. The molecular formula is C24H32ClN3O3. The summed E-state index contributed by atoms with van der Waals surface area (Å²) in [5.41, 5.74) is 1.96. The van der Waals surface area contributed by atoms with Crippen LogP contribution >= 0.6 is 11.6 Å². The van der Waals surface area contributed by atoms with E-state index < -0.39 is 0 Å². The van der Waals surface area contributed by atoms with Crippen molar-refractivity contribution in [2.24, 2.45) is 13.0 Å². The highest BCUT2D eigenvalue weighted by Crippen LogP contribution is 2.29. The van der Waals surface area contributed by atoms with Crippen molar-refractivity contribution < 1.29 is 14.3 Å². The van der Waals surface area contributed by atoms with Crippen molar-refractivity contribution in [2.75, 3.05) is 26.3 Å². The Balaban J connectivity index is 1.29. The first-order chi connectivity index (χ1) is 15.1. The number of carbonyl (C=O) groups is 1. The number of rotatable bonds is 8. The van der Waals surface area contributed by atoms with E-state index in [1.165, 1.54) is 25.7 Å². The largest absolute Gasteiger partial charge is 0.493 e. The fraction of sp³-hybridized carbons (Fsp3) is 0.583. The summed E-state index contributed by atoms with van der Waals surface area (Å²) in [4.78, 5) is 14.7. The molecule has 0 bridgehead atoms. The predicted molar refractivity (Wildman–Crippen MR) is 120 cm³/mol. The molecule has 1 saturated carbocycles. The molecule has 1 saturated heterocycles. The van der Waals surface area contributed by atoms with Crippen LogP contribution in [0, 0.1) is 5.92 Å². The van der Waals surface area contributed by atoms with E-state index in [0.29, 0.717) is 37.7 Å². The zero-order valence-electron chi connectivity index (χ0n) is 18.3. The van der Waals surface area contributed by atoms with Crippen LogP contribution in [0.1, 0.15) is 56.0 Å². The summed E-state index contributed by atoms with van der Waals surface area (Å²) in [6, 6.07) is 9.48.